The quantitative estimate of drug-likeness (QED) is 0.666. The molecule has 7 heteroatoms. The lowest BCUT2D eigenvalue weighted by atomic mass is 9.93. The predicted molar refractivity (Wildman–Crippen MR) is 116 cm³/mol. The number of likely N-dealkylation sites (tertiary alicyclic amines) is 1. The number of amides is 1. The fraction of sp³-hybridized carbons (Fsp3) is 0.348. The molecule has 0 N–H and O–H groups in total. The minimum absolute atomic E-state index is 0.0292. The summed E-state index contributed by atoms with van der Waals surface area (Å²) in [7, 11) is 3.94. The van der Waals surface area contributed by atoms with Gasteiger partial charge in [0.1, 0.15) is 5.82 Å². The molecule has 0 radical (unpaired) electrons. The van der Waals surface area contributed by atoms with Crippen LogP contribution in [0.25, 0.3) is 11.4 Å². The van der Waals surface area contributed by atoms with Gasteiger partial charge < -0.3 is 9.80 Å². The summed E-state index contributed by atoms with van der Waals surface area (Å²) in [6.07, 6.45) is 7.12. The number of hydrogen-bond acceptors (Lipinski definition) is 6. The van der Waals surface area contributed by atoms with Gasteiger partial charge in [0.05, 0.1) is 11.3 Å². The number of aromatic nitrogens is 4. The van der Waals surface area contributed by atoms with Gasteiger partial charge in [-0.2, -0.15) is 0 Å². The minimum Gasteiger partial charge on any atom is -0.363 e. The second-order valence-electron chi connectivity index (χ2n) is 7.89. The van der Waals surface area contributed by atoms with Crippen LogP contribution in [0.2, 0.25) is 0 Å². The number of aryl methyl sites for hydroxylation is 1. The Kier molecular flexibility index (Phi) is 5.70. The second-order valence-corrected chi connectivity index (χ2v) is 7.89. The maximum atomic E-state index is 13.0. The van der Waals surface area contributed by atoms with Crippen molar-refractivity contribution in [2.45, 2.75) is 25.7 Å². The fourth-order valence-electron chi connectivity index (χ4n) is 3.69. The summed E-state index contributed by atoms with van der Waals surface area (Å²) < 4.78 is 0. The van der Waals surface area contributed by atoms with E-state index in [1.807, 2.05) is 61.2 Å². The van der Waals surface area contributed by atoms with Gasteiger partial charge in [0.25, 0.3) is 5.91 Å². The highest BCUT2D eigenvalue weighted by molar-refractivity contribution is 5.94. The molecule has 1 amide bonds. The van der Waals surface area contributed by atoms with Crippen LogP contribution in [0, 0.1) is 6.92 Å². The van der Waals surface area contributed by atoms with Gasteiger partial charge in [0.15, 0.2) is 5.82 Å². The lowest BCUT2D eigenvalue weighted by molar-refractivity contribution is 0.0705. The molecule has 1 atom stereocenters. The average Bonchev–Trinajstić information content (AvgIpc) is 2.79. The van der Waals surface area contributed by atoms with Crippen LogP contribution >= 0.6 is 0 Å². The van der Waals surface area contributed by atoms with E-state index >= 15 is 0 Å². The van der Waals surface area contributed by atoms with Crippen molar-refractivity contribution in [1.82, 2.24) is 24.8 Å². The van der Waals surface area contributed by atoms with Crippen molar-refractivity contribution in [3.8, 4) is 11.4 Å². The monoisotopic (exact) mass is 402 g/mol. The Bertz CT molecular complexity index is 1020. The van der Waals surface area contributed by atoms with E-state index < -0.39 is 0 Å². The maximum absolute atomic E-state index is 13.0. The predicted octanol–water partition coefficient (Wildman–Crippen LogP) is 3.33. The van der Waals surface area contributed by atoms with E-state index in [1.54, 1.807) is 18.6 Å². The van der Waals surface area contributed by atoms with Gasteiger partial charge in [0, 0.05) is 69.0 Å². The molecule has 1 aliphatic rings. The van der Waals surface area contributed by atoms with E-state index in [0.717, 1.165) is 42.2 Å². The zero-order valence-electron chi connectivity index (χ0n) is 17.6. The van der Waals surface area contributed by atoms with Crippen molar-refractivity contribution in [1.29, 1.82) is 0 Å². The van der Waals surface area contributed by atoms with Gasteiger partial charge in [-0.25, -0.2) is 9.97 Å². The standard InChI is InChI=1S/C23H26N6O/c1-16-8-9-18(14-25-16)23(30)29-11-5-7-19(15-29)20-12-21(28(2)3)27-22(26-20)17-6-4-10-24-13-17/h4,6,8-10,12-14,19H,5,7,11,15H2,1-3H3. The summed E-state index contributed by atoms with van der Waals surface area (Å²) in [6.45, 7) is 3.32. The van der Waals surface area contributed by atoms with Gasteiger partial charge in [-0.05, 0) is 44.0 Å². The normalized spacial score (nSPS) is 16.4. The molecule has 1 saturated heterocycles. The van der Waals surface area contributed by atoms with E-state index in [0.29, 0.717) is 17.9 Å². The Balaban J connectivity index is 1.62. The SMILES string of the molecule is Cc1ccc(C(=O)N2CCCC(c3cc(N(C)C)nc(-c4cccnc4)n3)C2)cn1. The number of anilines is 1. The van der Waals surface area contributed by atoms with Crippen LogP contribution in [0.4, 0.5) is 5.82 Å². The molecule has 4 heterocycles. The molecule has 30 heavy (non-hydrogen) atoms. The first-order valence-electron chi connectivity index (χ1n) is 10.2. The molecule has 0 bridgehead atoms. The van der Waals surface area contributed by atoms with E-state index in [-0.39, 0.29) is 11.8 Å². The Morgan fingerprint density at radius 2 is 2.03 bits per heavy atom. The van der Waals surface area contributed by atoms with Crippen molar-refractivity contribution in [3.63, 3.8) is 0 Å². The van der Waals surface area contributed by atoms with Crippen LogP contribution < -0.4 is 4.90 Å². The van der Waals surface area contributed by atoms with E-state index in [9.17, 15) is 4.79 Å². The second kappa shape index (κ2) is 8.57. The highest BCUT2D eigenvalue weighted by Crippen LogP contribution is 2.30. The van der Waals surface area contributed by atoms with Gasteiger partial charge in [-0.3, -0.25) is 14.8 Å². The highest BCUT2D eigenvalue weighted by Gasteiger charge is 2.27. The van der Waals surface area contributed by atoms with Gasteiger partial charge in [-0.1, -0.05) is 0 Å². The number of rotatable bonds is 4. The van der Waals surface area contributed by atoms with Gasteiger partial charge >= 0.3 is 0 Å². The number of pyridine rings is 2. The zero-order valence-corrected chi connectivity index (χ0v) is 17.6. The molecular weight excluding hydrogens is 376 g/mol. The van der Waals surface area contributed by atoms with Crippen molar-refractivity contribution in [3.05, 3.63) is 65.9 Å². The molecule has 0 aromatic carbocycles. The lowest BCUT2D eigenvalue weighted by Crippen LogP contribution is -2.39. The summed E-state index contributed by atoms with van der Waals surface area (Å²) in [5.41, 5.74) is 3.39. The molecule has 0 saturated carbocycles. The first-order valence-corrected chi connectivity index (χ1v) is 10.2. The van der Waals surface area contributed by atoms with Crippen molar-refractivity contribution < 1.29 is 4.79 Å². The van der Waals surface area contributed by atoms with Crippen LogP contribution in [-0.2, 0) is 0 Å². The Labute approximate surface area is 176 Å². The molecule has 4 rings (SSSR count). The Hall–Kier alpha value is -3.35. The number of hydrogen-bond donors (Lipinski definition) is 0. The van der Waals surface area contributed by atoms with Crippen LogP contribution in [-0.4, -0.2) is 57.9 Å². The minimum atomic E-state index is 0.0292. The molecule has 1 fully saturated rings. The van der Waals surface area contributed by atoms with Gasteiger partial charge in [-0.15, -0.1) is 0 Å². The third kappa shape index (κ3) is 4.30. The van der Waals surface area contributed by atoms with Crippen LogP contribution in [0.3, 0.4) is 0 Å². The smallest absolute Gasteiger partial charge is 0.255 e. The summed E-state index contributed by atoms with van der Waals surface area (Å²) in [5, 5.41) is 0. The van der Waals surface area contributed by atoms with E-state index in [2.05, 4.69) is 9.97 Å². The average molecular weight is 403 g/mol. The maximum Gasteiger partial charge on any atom is 0.255 e. The molecule has 7 nitrogen and oxygen atoms in total. The molecule has 0 aliphatic carbocycles. The molecule has 154 valence electrons. The molecule has 1 unspecified atom stereocenters. The van der Waals surface area contributed by atoms with E-state index in [1.165, 1.54) is 0 Å². The third-order valence-electron chi connectivity index (χ3n) is 5.40. The Morgan fingerprint density at radius 3 is 2.73 bits per heavy atom. The summed E-state index contributed by atoms with van der Waals surface area (Å²) in [4.78, 5) is 34.9. The fourth-order valence-corrected chi connectivity index (χ4v) is 3.69. The third-order valence-corrected chi connectivity index (χ3v) is 5.40. The van der Waals surface area contributed by atoms with Crippen LogP contribution in [0.5, 0.6) is 0 Å². The largest absolute Gasteiger partial charge is 0.363 e. The molecule has 1 aliphatic heterocycles. The first kappa shape index (κ1) is 19.9. The molecule has 3 aromatic rings. The number of carbonyl (C=O) groups excluding carboxylic acids is 1. The number of carbonyl (C=O) groups is 1. The number of piperidine rings is 1. The van der Waals surface area contributed by atoms with Gasteiger partial charge in [0.2, 0.25) is 0 Å². The topological polar surface area (TPSA) is 75.1 Å². The summed E-state index contributed by atoms with van der Waals surface area (Å²) in [5.74, 6) is 1.71. The number of nitrogens with zero attached hydrogens (tertiary/aromatic N) is 6. The lowest BCUT2D eigenvalue weighted by Gasteiger charge is -2.33. The van der Waals surface area contributed by atoms with Crippen LogP contribution in [0.15, 0.2) is 48.9 Å². The molecule has 3 aromatic heterocycles. The molecule has 0 spiro atoms. The Morgan fingerprint density at radius 1 is 1.17 bits per heavy atom. The van der Waals surface area contributed by atoms with Crippen molar-refractivity contribution >= 4 is 11.7 Å². The zero-order chi connectivity index (χ0) is 21.1. The van der Waals surface area contributed by atoms with Crippen molar-refractivity contribution in [2.24, 2.45) is 0 Å². The van der Waals surface area contributed by atoms with Crippen LogP contribution in [0.1, 0.15) is 40.5 Å². The highest BCUT2D eigenvalue weighted by atomic mass is 16.2. The summed E-state index contributed by atoms with van der Waals surface area (Å²) >= 11 is 0. The summed E-state index contributed by atoms with van der Waals surface area (Å²) in [6, 6.07) is 9.61. The van der Waals surface area contributed by atoms with Crippen molar-refractivity contribution in [2.75, 3.05) is 32.1 Å². The van der Waals surface area contributed by atoms with E-state index in [4.69, 9.17) is 9.97 Å². The first-order chi connectivity index (χ1) is 14.5. The molecular formula is C23H26N6O.